The number of aliphatic imine (C=N–C) groups is 1. The molecule has 158 valence electrons. The molecule has 0 saturated carbocycles. The van der Waals surface area contributed by atoms with Crippen LogP contribution >= 0.6 is 0 Å². The summed E-state index contributed by atoms with van der Waals surface area (Å²) in [4.78, 5) is 10.1. The van der Waals surface area contributed by atoms with Crippen molar-refractivity contribution in [1.29, 1.82) is 0 Å². The third-order valence-corrected chi connectivity index (χ3v) is 6.07. The average molecular weight is 390 g/mol. The van der Waals surface area contributed by atoms with E-state index in [9.17, 15) is 0 Å². The van der Waals surface area contributed by atoms with E-state index in [0.29, 0.717) is 12.1 Å². The monoisotopic (exact) mass is 389 g/mol. The number of guanidine groups is 1. The standard InChI is InChI=1S/C22H39N5O/c1-4-23-22(25-19-10-14-26(15-11-19)18(2)3)24-17-20(21-9-8-16-28-21)27-12-6-5-7-13-27/h8-9,16,18-20H,4-7,10-15,17H2,1-3H3,(H2,23,24,25). The minimum Gasteiger partial charge on any atom is -0.468 e. The van der Waals surface area contributed by atoms with Gasteiger partial charge >= 0.3 is 0 Å². The molecule has 0 spiro atoms. The van der Waals surface area contributed by atoms with Crippen molar-refractivity contribution in [3.05, 3.63) is 24.2 Å². The lowest BCUT2D eigenvalue weighted by Crippen LogP contribution is -2.50. The summed E-state index contributed by atoms with van der Waals surface area (Å²) in [5, 5.41) is 7.13. The van der Waals surface area contributed by atoms with Gasteiger partial charge in [0, 0.05) is 31.7 Å². The van der Waals surface area contributed by atoms with E-state index in [1.54, 1.807) is 6.26 Å². The molecule has 2 aliphatic heterocycles. The minimum absolute atomic E-state index is 0.230. The molecule has 6 heteroatoms. The molecule has 1 aromatic rings. The highest BCUT2D eigenvalue weighted by Gasteiger charge is 2.25. The lowest BCUT2D eigenvalue weighted by molar-refractivity contribution is 0.150. The Kier molecular flexibility index (Phi) is 8.22. The fraction of sp³-hybridized carbons (Fsp3) is 0.773. The number of piperidine rings is 2. The van der Waals surface area contributed by atoms with Gasteiger partial charge in [-0.15, -0.1) is 0 Å². The van der Waals surface area contributed by atoms with Crippen LogP contribution in [-0.4, -0.2) is 67.1 Å². The van der Waals surface area contributed by atoms with Crippen molar-refractivity contribution < 1.29 is 4.42 Å². The Morgan fingerprint density at radius 3 is 2.50 bits per heavy atom. The van der Waals surface area contributed by atoms with Crippen LogP contribution in [0.4, 0.5) is 0 Å². The van der Waals surface area contributed by atoms with Gasteiger partial charge in [-0.25, -0.2) is 0 Å². The number of nitrogens with zero attached hydrogens (tertiary/aromatic N) is 3. The van der Waals surface area contributed by atoms with E-state index in [4.69, 9.17) is 9.41 Å². The third-order valence-electron chi connectivity index (χ3n) is 6.07. The van der Waals surface area contributed by atoms with Crippen molar-refractivity contribution in [1.82, 2.24) is 20.4 Å². The highest BCUT2D eigenvalue weighted by Crippen LogP contribution is 2.25. The fourth-order valence-corrected chi connectivity index (χ4v) is 4.35. The number of furan rings is 1. The van der Waals surface area contributed by atoms with E-state index in [0.717, 1.165) is 51.0 Å². The molecule has 1 atom stereocenters. The summed E-state index contributed by atoms with van der Waals surface area (Å²) >= 11 is 0. The van der Waals surface area contributed by atoms with E-state index in [2.05, 4.69) is 47.3 Å². The fourth-order valence-electron chi connectivity index (χ4n) is 4.35. The van der Waals surface area contributed by atoms with Crippen molar-refractivity contribution in [2.75, 3.05) is 39.3 Å². The normalized spacial score (nSPS) is 21.8. The van der Waals surface area contributed by atoms with E-state index in [-0.39, 0.29) is 6.04 Å². The Balaban J connectivity index is 1.61. The predicted octanol–water partition coefficient (Wildman–Crippen LogP) is 3.23. The third kappa shape index (κ3) is 5.98. The maximum atomic E-state index is 5.77. The number of hydrogen-bond donors (Lipinski definition) is 2. The van der Waals surface area contributed by atoms with Crippen LogP contribution in [0, 0.1) is 0 Å². The van der Waals surface area contributed by atoms with Crippen LogP contribution in [0.3, 0.4) is 0 Å². The molecule has 0 bridgehead atoms. The molecule has 2 N–H and O–H groups in total. The molecular weight excluding hydrogens is 350 g/mol. The van der Waals surface area contributed by atoms with Gasteiger partial charge in [0.1, 0.15) is 5.76 Å². The van der Waals surface area contributed by atoms with Crippen molar-refractivity contribution in [3.8, 4) is 0 Å². The van der Waals surface area contributed by atoms with Gasteiger partial charge in [0.2, 0.25) is 0 Å². The molecule has 3 rings (SSSR count). The minimum atomic E-state index is 0.230. The first kappa shape index (κ1) is 21.2. The Labute approximate surface area is 170 Å². The van der Waals surface area contributed by atoms with Crippen molar-refractivity contribution in [3.63, 3.8) is 0 Å². The zero-order valence-corrected chi connectivity index (χ0v) is 18.0. The summed E-state index contributed by atoms with van der Waals surface area (Å²) in [5.74, 6) is 1.98. The second-order valence-corrected chi connectivity index (χ2v) is 8.40. The number of likely N-dealkylation sites (tertiary alicyclic amines) is 2. The van der Waals surface area contributed by atoms with E-state index < -0.39 is 0 Å². The summed E-state index contributed by atoms with van der Waals surface area (Å²) in [5.41, 5.74) is 0. The summed E-state index contributed by atoms with van der Waals surface area (Å²) in [6, 6.07) is 5.46. The summed E-state index contributed by atoms with van der Waals surface area (Å²) in [6.07, 6.45) is 8.01. The van der Waals surface area contributed by atoms with E-state index in [1.165, 1.54) is 32.1 Å². The van der Waals surface area contributed by atoms with Gasteiger partial charge in [-0.05, 0) is 71.7 Å². The maximum Gasteiger partial charge on any atom is 0.191 e. The smallest absolute Gasteiger partial charge is 0.191 e. The lowest BCUT2D eigenvalue weighted by atomic mass is 10.0. The average Bonchev–Trinajstić information content (AvgIpc) is 3.24. The highest BCUT2D eigenvalue weighted by atomic mass is 16.3. The van der Waals surface area contributed by atoms with Crippen LogP contribution in [0.15, 0.2) is 27.8 Å². The van der Waals surface area contributed by atoms with Crippen LogP contribution in [0.25, 0.3) is 0 Å². The quantitative estimate of drug-likeness (QED) is 0.554. The molecule has 0 aliphatic carbocycles. The van der Waals surface area contributed by atoms with Gasteiger partial charge in [0.15, 0.2) is 5.96 Å². The van der Waals surface area contributed by atoms with Gasteiger partial charge in [-0.3, -0.25) is 9.89 Å². The first-order valence-electron chi connectivity index (χ1n) is 11.2. The molecule has 2 saturated heterocycles. The van der Waals surface area contributed by atoms with Crippen LogP contribution in [-0.2, 0) is 0 Å². The molecule has 6 nitrogen and oxygen atoms in total. The molecule has 0 amide bonds. The predicted molar refractivity (Wildman–Crippen MR) is 116 cm³/mol. The molecule has 0 radical (unpaired) electrons. The van der Waals surface area contributed by atoms with Gasteiger partial charge in [-0.2, -0.15) is 0 Å². The van der Waals surface area contributed by atoms with Gasteiger partial charge in [-0.1, -0.05) is 6.42 Å². The van der Waals surface area contributed by atoms with Crippen LogP contribution in [0.5, 0.6) is 0 Å². The van der Waals surface area contributed by atoms with Gasteiger partial charge < -0.3 is 20.0 Å². The maximum absolute atomic E-state index is 5.77. The Morgan fingerprint density at radius 1 is 1.14 bits per heavy atom. The number of nitrogens with one attached hydrogen (secondary N) is 2. The molecule has 3 heterocycles. The summed E-state index contributed by atoms with van der Waals surface area (Å²) < 4.78 is 5.77. The number of hydrogen-bond acceptors (Lipinski definition) is 4. The topological polar surface area (TPSA) is 56.0 Å². The molecule has 28 heavy (non-hydrogen) atoms. The van der Waals surface area contributed by atoms with E-state index >= 15 is 0 Å². The lowest BCUT2D eigenvalue weighted by Gasteiger charge is -2.35. The first-order chi connectivity index (χ1) is 13.7. The highest BCUT2D eigenvalue weighted by molar-refractivity contribution is 5.80. The van der Waals surface area contributed by atoms with E-state index in [1.807, 2.05) is 6.07 Å². The zero-order chi connectivity index (χ0) is 19.8. The van der Waals surface area contributed by atoms with Crippen LogP contribution < -0.4 is 10.6 Å². The summed E-state index contributed by atoms with van der Waals surface area (Å²) in [6.45, 7) is 12.9. The second kappa shape index (κ2) is 10.9. The SMILES string of the molecule is CCNC(=NCC(c1ccco1)N1CCCCC1)NC1CCN(C(C)C)CC1. The number of rotatable bonds is 7. The van der Waals surface area contributed by atoms with Crippen LogP contribution in [0.2, 0.25) is 0 Å². The van der Waals surface area contributed by atoms with Crippen LogP contribution in [0.1, 0.15) is 64.7 Å². The molecule has 1 aromatic heterocycles. The van der Waals surface area contributed by atoms with Crippen molar-refractivity contribution >= 4 is 5.96 Å². The largest absolute Gasteiger partial charge is 0.468 e. The molecule has 0 aromatic carbocycles. The summed E-state index contributed by atoms with van der Waals surface area (Å²) in [7, 11) is 0. The Hall–Kier alpha value is -1.53. The first-order valence-corrected chi connectivity index (χ1v) is 11.2. The van der Waals surface area contributed by atoms with Gasteiger partial charge in [0.05, 0.1) is 18.8 Å². The Bertz CT molecular complexity index is 572. The van der Waals surface area contributed by atoms with Gasteiger partial charge in [0.25, 0.3) is 0 Å². The second-order valence-electron chi connectivity index (χ2n) is 8.40. The molecule has 2 fully saturated rings. The molecule has 2 aliphatic rings. The van der Waals surface area contributed by atoms with Crippen molar-refractivity contribution in [2.24, 2.45) is 4.99 Å². The van der Waals surface area contributed by atoms with Crippen molar-refractivity contribution in [2.45, 2.75) is 71.0 Å². The zero-order valence-electron chi connectivity index (χ0n) is 18.0. The molecular formula is C22H39N5O. The molecule has 1 unspecified atom stereocenters. The Morgan fingerprint density at radius 2 is 1.89 bits per heavy atom.